The minimum Gasteiger partial charge on any atom is -0.497 e. The number of benzene rings is 3. The summed E-state index contributed by atoms with van der Waals surface area (Å²) in [6, 6.07) is 19.1. The third-order valence-electron chi connectivity index (χ3n) is 4.12. The van der Waals surface area contributed by atoms with Crippen molar-refractivity contribution in [1.29, 1.82) is 0 Å². The lowest BCUT2D eigenvalue weighted by atomic mass is 10.2. The molecule has 4 rings (SSSR count). The molecular weight excluding hydrogens is 365 g/mol. The van der Waals surface area contributed by atoms with Crippen LogP contribution in [0.25, 0.3) is 0 Å². The summed E-state index contributed by atoms with van der Waals surface area (Å²) in [7, 11) is 1.61. The Hall–Kier alpha value is -3.18. The summed E-state index contributed by atoms with van der Waals surface area (Å²) in [5, 5.41) is 3.81. The molecule has 0 atom stereocenters. The van der Waals surface area contributed by atoms with Crippen molar-refractivity contribution in [3.8, 4) is 5.75 Å². The van der Waals surface area contributed by atoms with Gasteiger partial charge in [-0.1, -0.05) is 11.6 Å². The maximum atomic E-state index is 13.8. The van der Waals surface area contributed by atoms with Crippen molar-refractivity contribution < 1.29 is 9.13 Å². The van der Waals surface area contributed by atoms with Gasteiger partial charge in [0.15, 0.2) is 5.84 Å². The number of fused-ring (bicyclic) bond motifs is 1. The van der Waals surface area contributed by atoms with Crippen LogP contribution in [-0.4, -0.2) is 18.8 Å². The van der Waals surface area contributed by atoms with Gasteiger partial charge in [0, 0.05) is 16.1 Å². The van der Waals surface area contributed by atoms with E-state index in [2.05, 4.69) is 10.3 Å². The third-order valence-corrected chi connectivity index (χ3v) is 4.37. The topological polar surface area (TPSA) is 46.0 Å². The number of rotatable bonds is 3. The lowest BCUT2D eigenvalue weighted by Gasteiger charge is -2.10. The summed E-state index contributed by atoms with van der Waals surface area (Å²) in [6.07, 6.45) is 0. The maximum absolute atomic E-state index is 13.8. The van der Waals surface area contributed by atoms with E-state index in [9.17, 15) is 4.39 Å². The van der Waals surface area contributed by atoms with Crippen LogP contribution < -0.4 is 10.1 Å². The molecule has 6 heteroatoms. The van der Waals surface area contributed by atoms with Gasteiger partial charge in [0.05, 0.1) is 18.5 Å². The highest BCUT2D eigenvalue weighted by Crippen LogP contribution is 2.30. The summed E-state index contributed by atoms with van der Waals surface area (Å²) in [4.78, 5) is 9.33. The first kappa shape index (κ1) is 17.2. The molecule has 0 saturated heterocycles. The van der Waals surface area contributed by atoms with E-state index in [1.54, 1.807) is 25.3 Å². The van der Waals surface area contributed by atoms with Gasteiger partial charge in [-0.2, -0.15) is 0 Å². The van der Waals surface area contributed by atoms with E-state index in [1.807, 2.05) is 36.4 Å². The molecule has 3 aromatic carbocycles. The van der Waals surface area contributed by atoms with E-state index in [4.69, 9.17) is 21.3 Å². The van der Waals surface area contributed by atoms with Gasteiger partial charge < -0.3 is 10.1 Å². The van der Waals surface area contributed by atoms with Gasteiger partial charge in [-0.05, 0) is 66.7 Å². The number of ether oxygens (including phenoxy) is 1. The van der Waals surface area contributed by atoms with E-state index < -0.39 is 0 Å². The summed E-state index contributed by atoms with van der Waals surface area (Å²) >= 11 is 5.99. The molecular formula is C21H15ClFN3O. The molecule has 0 aliphatic carbocycles. The quantitative estimate of drug-likeness (QED) is 0.658. The molecule has 1 N–H and O–H groups in total. The number of nitrogens with one attached hydrogen (secondary N) is 1. The number of anilines is 1. The lowest BCUT2D eigenvalue weighted by molar-refractivity contribution is 0.415. The number of amidine groups is 2. The highest BCUT2D eigenvalue weighted by atomic mass is 35.5. The molecule has 27 heavy (non-hydrogen) atoms. The normalized spacial score (nSPS) is 13.0. The van der Waals surface area contributed by atoms with Gasteiger partial charge >= 0.3 is 0 Å². The molecule has 1 aliphatic heterocycles. The molecule has 0 aromatic heterocycles. The molecule has 0 fully saturated rings. The first-order chi connectivity index (χ1) is 13.1. The number of hydrogen-bond acceptors (Lipinski definition) is 4. The van der Waals surface area contributed by atoms with Crippen LogP contribution in [0.3, 0.4) is 0 Å². The van der Waals surface area contributed by atoms with Crippen LogP contribution in [0.2, 0.25) is 5.02 Å². The Bertz CT molecular complexity index is 1040. The first-order valence-corrected chi connectivity index (χ1v) is 8.64. The summed E-state index contributed by atoms with van der Waals surface area (Å²) in [5.41, 5.74) is 2.79. The van der Waals surface area contributed by atoms with Crippen molar-refractivity contribution >= 4 is 34.6 Å². The maximum Gasteiger partial charge on any atom is 0.162 e. The molecule has 0 unspecified atom stereocenters. The standard InChI is InChI=1S/C21H15ClFN3O/c1-27-17-9-4-14(5-10-17)20-24-18-11-8-16(23)12-19(18)25-21(26-20)13-2-6-15(22)7-3-13/h2-12H,1H3,(H,24,25,26). The average Bonchev–Trinajstić information content (AvgIpc) is 2.88. The average molecular weight is 380 g/mol. The van der Waals surface area contributed by atoms with Crippen LogP contribution in [0.5, 0.6) is 5.75 Å². The van der Waals surface area contributed by atoms with Gasteiger partial charge in [-0.3, -0.25) is 0 Å². The third kappa shape index (κ3) is 3.68. The van der Waals surface area contributed by atoms with Crippen molar-refractivity contribution in [2.24, 2.45) is 9.98 Å². The molecule has 0 bridgehead atoms. The number of hydrogen-bond donors (Lipinski definition) is 1. The fourth-order valence-corrected chi connectivity index (χ4v) is 2.85. The second-order valence-electron chi connectivity index (χ2n) is 5.92. The van der Waals surface area contributed by atoms with Crippen molar-refractivity contribution in [2.75, 3.05) is 12.4 Å². The predicted molar refractivity (Wildman–Crippen MR) is 107 cm³/mol. The predicted octanol–water partition coefficient (Wildman–Crippen LogP) is 5.44. The van der Waals surface area contributed by atoms with Crippen LogP contribution >= 0.6 is 11.6 Å². The fraction of sp³-hybridized carbons (Fsp3) is 0.0476. The monoisotopic (exact) mass is 379 g/mol. The molecule has 0 amide bonds. The van der Waals surface area contributed by atoms with Crippen LogP contribution in [0.15, 0.2) is 76.7 Å². The Morgan fingerprint density at radius 2 is 1.59 bits per heavy atom. The fourth-order valence-electron chi connectivity index (χ4n) is 2.72. The Balaban J connectivity index is 1.85. The largest absolute Gasteiger partial charge is 0.497 e. The van der Waals surface area contributed by atoms with Crippen molar-refractivity contribution in [3.63, 3.8) is 0 Å². The van der Waals surface area contributed by atoms with Gasteiger partial charge in [0.1, 0.15) is 17.4 Å². The van der Waals surface area contributed by atoms with E-state index in [-0.39, 0.29) is 5.82 Å². The molecule has 0 spiro atoms. The number of nitrogens with zero attached hydrogens (tertiary/aromatic N) is 2. The van der Waals surface area contributed by atoms with Crippen molar-refractivity contribution in [3.05, 3.63) is 88.7 Å². The van der Waals surface area contributed by atoms with Crippen LogP contribution in [-0.2, 0) is 0 Å². The number of aliphatic imine (C=N–C) groups is 2. The zero-order chi connectivity index (χ0) is 18.8. The van der Waals surface area contributed by atoms with Crippen LogP contribution in [0.1, 0.15) is 11.1 Å². The van der Waals surface area contributed by atoms with Crippen molar-refractivity contribution in [1.82, 2.24) is 0 Å². The van der Waals surface area contributed by atoms with E-state index in [1.165, 1.54) is 12.1 Å². The molecule has 1 heterocycles. The van der Waals surface area contributed by atoms with E-state index >= 15 is 0 Å². The molecule has 0 radical (unpaired) electrons. The zero-order valence-electron chi connectivity index (χ0n) is 14.4. The van der Waals surface area contributed by atoms with Gasteiger partial charge in [-0.15, -0.1) is 0 Å². The lowest BCUT2D eigenvalue weighted by Crippen LogP contribution is -2.15. The van der Waals surface area contributed by atoms with Gasteiger partial charge in [-0.25, -0.2) is 14.4 Å². The Kier molecular flexibility index (Phi) is 4.60. The SMILES string of the molecule is COc1ccc(C2=Nc3ccc(F)cc3NC(c3ccc(Cl)cc3)=N2)cc1. The second kappa shape index (κ2) is 7.21. The molecule has 1 aliphatic rings. The summed E-state index contributed by atoms with van der Waals surface area (Å²) in [5.74, 6) is 1.47. The molecule has 4 nitrogen and oxygen atoms in total. The van der Waals surface area contributed by atoms with E-state index in [0.29, 0.717) is 28.1 Å². The minimum atomic E-state index is -0.347. The summed E-state index contributed by atoms with van der Waals surface area (Å²) < 4.78 is 19.0. The van der Waals surface area contributed by atoms with Crippen LogP contribution in [0, 0.1) is 5.82 Å². The van der Waals surface area contributed by atoms with Crippen LogP contribution in [0.4, 0.5) is 15.8 Å². The molecule has 3 aromatic rings. The highest BCUT2D eigenvalue weighted by molar-refractivity contribution is 6.30. The minimum absolute atomic E-state index is 0.347. The Morgan fingerprint density at radius 3 is 2.30 bits per heavy atom. The summed E-state index contributed by atoms with van der Waals surface area (Å²) in [6.45, 7) is 0. The number of halogens is 2. The first-order valence-electron chi connectivity index (χ1n) is 8.27. The Morgan fingerprint density at radius 1 is 0.889 bits per heavy atom. The van der Waals surface area contributed by atoms with Gasteiger partial charge in [0.2, 0.25) is 0 Å². The smallest absolute Gasteiger partial charge is 0.162 e. The highest BCUT2D eigenvalue weighted by Gasteiger charge is 2.16. The zero-order valence-corrected chi connectivity index (χ0v) is 15.2. The van der Waals surface area contributed by atoms with E-state index in [0.717, 1.165) is 16.9 Å². The van der Waals surface area contributed by atoms with Crippen molar-refractivity contribution in [2.45, 2.75) is 0 Å². The molecule has 134 valence electrons. The van der Waals surface area contributed by atoms with Gasteiger partial charge in [0.25, 0.3) is 0 Å². The second-order valence-corrected chi connectivity index (χ2v) is 6.35. The molecule has 0 saturated carbocycles. The Labute approximate surface area is 161 Å². The number of methoxy groups -OCH3 is 1.